The van der Waals surface area contributed by atoms with E-state index in [1.54, 1.807) is 0 Å². The molecule has 0 saturated heterocycles. The summed E-state index contributed by atoms with van der Waals surface area (Å²) in [5.41, 5.74) is 4.61. The fraction of sp³-hybridized carbons (Fsp3) is 0.263. The van der Waals surface area contributed by atoms with Gasteiger partial charge in [0.25, 0.3) is 0 Å². The molecule has 0 radical (unpaired) electrons. The van der Waals surface area contributed by atoms with Crippen LogP contribution < -0.4 is 14.9 Å². The van der Waals surface area contributed by atoms with Gasteiger partial charge in [-0.25, -0.2) is 5.43 Å². The SMILES string of the molecule is CCc1ccc(CC(=O)N/N=C/c2cc([N+](=O)[O-])c(OC)cc2OC)cc1. The molecule has 0 spiro atoms. The highest BCUT2D eigenvalue weighted by molar-refractivity contribution is 5.87. The minimum Gasteiger partial charge on any atom is -0.496 e. The van der Waals surface area contributed by atoms with Crippen LogP contribution in [0.3, 0.4) is 0 Å². The van der Waals surface area contributed by atoms with E-state index in [1.807, 2.05) is 24.3 Å². The maximum Gasteiger partial charge on any atom is 0.311 e. The van der Waals surface area contributed by atoms with E-state index in [4.69, 9.17) is 9.47 Å². The Balaban J connectivity index is 2.08. The van der Waals surface area contributed by atoms with Gasteiger partial charge in [-0.2, -0.15) is 5.10 Å². The Bertz CT molecular complexity index is 847. The second-order valence-corrected chi connectivity index (χ2v) is 5.66. The summed E-state index contributed by atoms with van der Waals surface area (Å²) < 4.78 is 10.2. The van der Waals surface area contributed by atoms with Gasteiger partial charge in [-0.15, -0.1) is 0 Å². The summed E-state index contributed by atoms with van der Waals surface area (Å²) in [5, 5.41) is 15.0. The number of benzene rings is 2. The molecule has 1 N–H and O–H groups in total. The standard InChI is InChI=1S/C19H21N3O5/c1-4-13-5-7-14(8-6-13)9-19(23)21-20-12-15-10-16(22(24)25)18(27-3)11-17(15)26-2/h5-8,10-12H,4,9H2,1-3H3,(H,21,23)/b20-12+. The number of hydrogen-bond acceptors (Lipinski definition) is 6. The maximum atomic E-state index is 12.0. The van der Waals surface area contributed by atoms with Gasteiger partial charge >= 0.3 is 5.69 Å². The van der Waals surface area contributed by atoms with Gasteiger partial charge in [-0.1, -0.05) is 31.2 Å². The highest BCUT2D eigenvalue weighted by Gasteiger charge is 2.18. The van der Waals surface area contributed by atoms with E-state index < -0.39 is 4.92 Å². The minimum atomic E-state index is -0.561. The number of amides is 1. The van der Waals surface area contributed by atoms with Crippen LogP contribution >= 0.6 is 0 Å². The van der Waals surface area contributed by atoms with Crippen LogP contribution in [-0.2, 0) is 17.6 Å². The van der Waals surface area contributed by atoms with E-state index in [1.165, 1.54) is 38.1 Å². The van der Waals surface area contributed by atoms with Crippen molar-refractivity contribution in [1.29, 1.82) is 0 Å². The monoisotopic (exact) mass is 371 g/mol. The van der Waals surface area contributed by atoms with E-state index >= 15 is 0 Å². The fourth-order valence-corrected chi connectivity index (χ4v) is 2.44. The van der Waals surface area contributed by atoms with Crippen LogP contribution in [0, 0.1) is 10.1 Å². The quantitative estimate of drug-likeness (QED) is 0.437. The number of ether oxygens (including phenoxy) is 2. The summed E-state index contributed by atoms with van der Waals surface area (Å²) in [7, 11) is 2.76. The van der Waals surface area contributed by atoms with Crippen molar-refractivity contribution in [2.45, 2.75) is 19.8 Å². The number of carbonyl (C=O) groups is 1. The number of nitro benzene ring substituents is 1. The zero-order valence-electron chi connectivity index (χ0n) is 15.4. The van der Waals surface area contributed by atoms with Crippen molar-refractivity contribution in [2.75, 3.05) is 14.2 Å². The molecule has 0 aliphatic rings. The van der Waals surface area contributed by atoms with Gasteiger partial charge in [0.15, 0.2) is 0 Å². The molecule has 27 heavy (non-hydrogen) atoms. The number of carbonyl (C=O) groups excluding carboxylic acids is 1. The molecule has 2 rings (SSSR count). The molecular formula is C19H21N3O5. The zero-order chi connectivity index (χ0) is 19.8. The number of hydrogen-bond donors (Lipinski definition) is 1. The maximum absolute atomic E-state index is 12.0. The molecule has 0 atom stereocenters. The van der Waals surface area contributed by atoms with Crippen molar-refractivity contribution in [1.82, 2.24) is 5.43 Å². The highest BCUT2D eigenvalue weighted by Crippen LogP contribution is 2.33. The molecule has 8 heteroatoms. The second-order valence-electron chi connectivity index (χ2n) is 5.66. The molecule has 0 heterocycles. The van der Waals surface area contributed by atoms with Crippen LogP contribution in [0.25, 0.3) is 0 Å². The van der Waals surface area contributed by atoms with Gasteiger partial charge in [0.2, 0.25) is 11.7 Å². The van der Waals surface area contributed by atoms with Crippen molar-refractivity contribution in [3.8, 4) is 11.5 Å². The first kappa shape index (κ1) is 19.9. The summed E-state index contributed by atoms with van der Waals surface area (Å²) in [5.74, 6) is 0.122. The van der Waals surface area contributed by atoms with Crippen LogP contribution in [-0.4, -0.2) is 31.3 Å². The van der Waals surface area contributed by atoms with Gasteiger partial charge in [0.05, 0.1) is 31.8 Å². The van der Waals surface area contributed by atoms with Crippen LogP contribution in [0.5, 0.6) is 11.5 Å². The van der Waals surface area contributed by atoms with E-state index in [-0.39, 0.29) is 23.8 Å². The normalized spacial score (nSPS) is 10.6. The largest absolute Gasteiger partial charge is 0.496 e. The Hall–Kier alpha value is -3.42. The summed E-state index contributed by atoms with van der Waals surface area (Å²) in [6.07, 6.45) is 2.41. The molecule has 2 aromatic carbocycles. The summed E-state index contributed by atoms with van der Waals surface area (Å²) in [4.78, 5) is 22.6. The zero-order valence-corrected chi connectivity index (χ0v) is 15.4. The second kappa shape index (κ2) is 9.33. The van der Waals surface area contributed by atoms with Crippen LogP contribution in [0.15, 0.2) is 41.5 Å². The first-order chi connectivity index (χ1) is 13.0. The lowest BCUT2D eigenvalue weighted by Gasteiger charge is -2.08. The summed E-state index contributed by atoms with van der Waals surface area (Å²) in [6.45, 7) is 2.06. The molecule has 0 aromatic heterocycles. The molecular weight excluding hydrogens is 350 g/mol. The van der Waals surface area contributed by atoms with Crippen molar-refractivity contribution < 1.29 is 19.2 Å². The first-order valence-corrected chi connectivity index (χ1v) is 8.28. The molecule has 0 unspecified atom stereocenters. The predicted molar refractivity (Wildman–Crippen MR) is 101 cm³/mol. The van der Waals surface area contributed by atoms with E-state index in [0.717, 1.165) is 12.0 Å². The summed E-state index contributed by atoms with van der Waals surface area (Å²) in [6, 6.07) is 10.4. The van der Waals surface area contributed by atoms with Crippen LogP contribution in [0.1, 0.15) is 23.6 Å². The average Bonchev–Trinajstić information content (AvgIpc) is 2.68. The Morgan fingerprint density at radius 2 is 1.78 bits per heavy atom. The summed E-state index contributed by atoms with van der Waals surface area (Å²) >= 11 is 0. The molecule has 0 saturated carbocycles. The predicted octanol–water partition coefficient (Wildman–Crippen LogP) is 2.87. The molecule has 8 nitrogen and oxygen atoms in total. The van der Waals surface area contributed by atoms with Crippen molar-refractivity contribution in [2.24, 2.45) is 5.10 Å². The third-order valence-corrected chi connectivity index (χ3v) is 3.92. The molecule has 0 aliphatic heterocycles. The van der Waals surface area contributed by atoms with Gasteiger partial charge in [0, 0.05) is 17.7 Å². The topological polar surface area (TPSA) is 103 Å². The molecule has 0 fully saturated rings. The molecule has 0 bridgehead atoms. The lowest BCUT2D eigenvalue weighted by Crippen LogP contribution is -2.19. The van der Waals surface area contributed by atoms with Crippen LogP contribution in [0.4, 0.5) is 5.69 Å². The molecule has 0 aliphatic carbocycles. The Morgan fingerprint density at radius 3 is 2.33 bits per heavy atom. The number of nitrogens with zero attached hydrogens (tertiary/aromatic N) is 2. The van der Waals surface area contributed by atoms with Crippen LogP contribution in [0.2, 0.25) is 0 Å². The van der Waals surface area contributed by atoms with Gasteiger partial charge in [-0.3, -0.25) is 14.9 Å². The van der Waals surface area contributed by atoms with E-state index in [9.17, 15) is 14.9 Å². The number of aryl methyl sites for hydroxylation is 1. The molecule has 2 aromatic rings. The van der Waals surface area contributed by atoms with Gasteiger partial charge < -0.3 is 9.47 Å². The number of hydrazone groups is 1. The Labute approximate surface area is 157 Å². The lowest BCUT2D eigenvalue weighted by atomic mass is 10.1. The Morgan fingerprint density at radius 1 is 1.15 bits per heavy atom. The minimum absolute atomic E-state index is 0.0774. The number of nitro groups is 1. The fourth-order valence-electron chi connectivity index (χ4n) is 2.44. The molecule has 142 valence electrons. The number of nitrogens with one attached hydrogen (secondary N) is 1. The first-order valence-electron chi connectivity index (χ1n) is 8.28. The van der Waals surface area contributed by atoms with Crippen molar-refractivity contribution in [3.05, 3.63) is 63.2 Å². The van der Waals surface area contributed by atoms with Gasteiger partial charge in [0.1, 0.15) is 5.75 Å². The van der Waals surface area contributed by atoms with Crippen molar-refractivity contribution >= 4 is 17.8 Å². The van der Waals surface area contributed by atoms with Crippen molar-refractivity contribution in [3.63, 3.8) is 0 Å². The smallest absolute Gasteiger partial charge is 0.311 e. The number of methoxy groups -OCH3 is 2. The third kappa shape index (κ3) is 5.27. The van der Waals surface area contributed by atoms with E-state index in [0.29, 0.717) is 11.3 Å². The van der Waals surface area contributed by atoms with Gasteiger partial charge in [-0.05, 0) is 17.5 Å². The Kier molecular flexibility index (Phi) is 6.87. The molecule has 1 amide bonds. The third-order valence-electron chi connectivity index (χ3n) is 3.92. The van der Waals surface area contributed by atoms with E-state index in [2.05, 4.69) is 17.5 Å². The lowest BCUT2D eigenvalue weighted by molar-refractivity contribution is -0.385. The average molecular weight is 371 g/mol. The highest BCUT2D eigenvalue weighted by atomic mass is 16.6. The number of rotatable bonds is 8.